The smallest absolute Gasteiger partial charge is 0.341 e. The number of H-pyrrole nitrogens is 1. The quantitative estimate of drug-likeness (QED) is 0.515. The van der Waals surface area contributed by atoms with Crippen molar-refractivity contribution in [1.82, 2.24) is 9.97 Å². The maximum absolute atomic E-state index is 11.0. The Labute approximate surface area is 73.7 Å². The van der Waals surface area contributed by atoms with Gasteiger partial charge < -0.3 is 9.72 Å². The van der Waals surface area contributed by atoms with Crippen LogP contribution in [0.15, 0.2) is 12.5 Å². The molecule has 1 saturated heterocycles. The van der Waals surface area contributed by atoms with E-state index in [4.69, 9.17) is 4.89 Å². The molecule has 0 bridgehead atoms. The topological polar surface area (TPSA) is 73.4 Å². The minimum Gasteiger partial charge on any atom is -0.467 e. The second-order valence-electron chi connectivity index (χ2n) is 2.56. The monoisotopic (exact) mass is 184 g/mol. The van der Waals surface area contributed by atoms with Crippen molar-refractivity contribution in [3.8, 4) is 0 Å². The lowest BCUT2D eigenvalue weighted by Gasteiger charge is -2.31. The van der Waals surface area contributed by atoms with Gasteiger partial charge >= 0.3 is 5.97 Å². The number of aromatic amines is 1. The van der Waals surface area contributed by atoms with Crippen LogP contribution in [0.1, 0.15) is 11.8 Å². The van der Waals surface area contributed by atoms with E-state index < -0.39 is 18.2 Å². The maximum atomic E-state index is 11.0. The van der Waals surface area contributed by atoms with Gasteiger partial charge in [0.15, 0.2) is 6.10 Å². The van der Waals surface area contributed by atoms with Gasteiger partial charge in [0.2, 0.25) is 6.10 Å². The number of esters is 1. The molecular weight excluding hydrogens is 176 g/mol. The van der Waals surface area contributed by atoms with Crippen molar-refractivity contribution in [3.63, 3.8) is 0 Å². The predicted octanol–water partition coefficient (Wildman–Crippen LogP) is -0.0458. The summed E-state index contributed by atoms with van der Waals surface area (Å²) in [4.78, 5) is 27.0. The molecule has 0 amide bonds. The van der Waals surface area contributed by atoms with Crippen LogP contribution in [0.3, 0.4) is 0 Å². The third-order valence-corrected chi connectivity index (χ3v) is 1.80. The van der Waals surface area contributed by atoms with Crippen LogP contribution in [0.4, 0.5) is 0 Å². The average Bonchev–Trinajstić information content (AvgIpc) is 2.55. The van der Waals surface area contributed by atoms with Crippen molar-refractivity contribution in [2.24, 2.45) is 0 Å². The Kier molecular flexibility index (Phi) is 1.99. The standard InChI is InChI=1S/C7H8N2O4/c1-11-7(10)6-5(12-13-6)4-2-8-3-9-4/h2-3,5-6H,1H3,(H,8,9). The number of carbonyl (C=O) groups excluding carboxylic acids is 1. The molecule has 1 N–H and O–H groups in total. The Balaban J connectivity index is 2.07. The van der Waals surface area contributed by atoms with E-state index in [9.17, 15) is 4.79 Å². The maximum Gasteiger partial charge on any atom is 0.341 e. The fraction of sp³-hybridized carbons (Fsp3) is 0.429. The molecule has 0 radical (unpaired) electrons. The van der Waals surface area contributed by atoms with Crippen LogP contribution in [0.5, 0.6) is 0 Å². The normalized spacial score (nSPS) is 26.5. The first-order chi connectivity index (χ1) is 6.33. The van der Waals surface area contributed by atoms with Crippen LogP contribution in [-0.2, 0) is 19.3 Å². The van der Waals surface area contributed by atoms with Crippen molar-refractivity contribution in [1.29, 1.82) is 0 Å². The van der Waals surface area contributed by atoms with E-state index >= 15 is 0 Å². The zero-order valence-corrected chi connectivity index (χ0v) is 6.89. The number of aromatic nitrogens is 2. The lowest BCUT2D eigenvalue weighted by atomic mass is 10.1. The Hall–Kier alpha value is -1.40. The number of nitrogens with zero attached hydrogens (tertiary/aromatic N) is 1. The van der Waals surface area contributed by atoms with Gasteiger partial charge in [-0.1, -0.05) is 0 Å². The van der Waals surface area contributed by atoms with Crippen molar-refractivity contribution < 1.29 is 19.3 Å². The third-order valence-electron chi connectivity index (χ3n) is 1.80. The van der Waals surface area contributed by atoms with E-state index in [1.807, 2.05) is 0 Å². The molecule has 6 nitrogen and oxygen atoms in total. The van der Waals surface area contributed by atoms with Gasteiger partial charge in [-0.3, -0.25) is 0 Å². The Morgan fingerprint density at radius 3 is 3.00 bits per heavy atom. The van der Waals surface area contributed by atoms with E-state index in [1.54, 1.807) is 6.20 Å². The number of methoxy groups -OCH3 is 1. The minimum absolute atomic E-state index is 0.435. The molecule has 1 aliphatic heterocycles. The highest BCUT2D eigenvalue weighted by atomic mass is 17.2. The first-order valence-electron chi connectivity index (χ1n) is 3.71. The summed E-state index contributed by atoms with van der Waals surface area (Å²) in [7, 11) is 1.30. The summed E-state index contributed by atoms with van der Waals surface area (Å²) in [6, 6.07) is 0. The largest absolute Gasteiger partial charge is 0.467 e. The molecule has 1 fully saturated rings. The summed E-state index contributed by atoms with van der Waals surface area (Å²) in [5, 5.41) is 0. The van der Waals surface area contributed by atoms with Crippen LogP contribution >= 0.6 is 0 Å². The van der Waals surface area contributed by atoms with E-state index in [1.165, 1.54) is 13.4 Å². The number of nitrogens with one attached hydrogen (secondary N) is 1. The van der Waals surface area contributed by atoms with Gasteiger partial charge in [0.1, 0.15) is 0 Å². The van der Waals surface area contributed by atoms with E-state index in [0.29, 0.717) is 5.69 Å². The van der Waals surface area contributed by atoms with E-state index in [-0.39, 0.29) is 0 Å². The van der Waals surface area contributed by atoms with E-state index in [0.717, 1.165) is 0 Å². The van der Waals surface area contributed by atoms with Crippen molar-refractivity contribution in [2.45, 2.75) is 12.2 Å². The zero-order valence-electron chi connectivity index (χ0n) is 6.89. The summed E-state index contributed by atoms with van der Waals surface area (Å²) in [5.41, 5.74) is 0.696. The highest BCUT2D eigenvalue weighted by molar-refractivity contribution is 5.76. The highest BCUT2D eigenvalue weighted by Crippen LogP contribution is 2.31. The summed E-state index contributed by atoms with van der Waals surface area (Å²) in [5.74, 6) is -0.453. The number of carbonyl (C=O) groups is 1. The highest BCUT2D eigenvalue weighted by Gasteiger charge is 2.43. The van der Waals surface area contributed by atoms with Crippen LogP contribution in [0.2, 0.25) is 0 Å². The Morgan fingerprint density at radius 2 is 2.54 bits per heavy atom. The number of rotatable bonds is 2. The molecule has 2 rings (SSSR count). The van der Waals surface area contributed by atoms with Gasteiger partial charge in [-0.2, -0.15) is 0 Å². The van der Waals surface area contributed by atoms with Crippen LogP contribution in [0, 0.1) is 0 Å². The molecule has 0 spiro atoms. The second kappa shape index (κ2) is 3.15. The third kappa shape index (κ3) is 1.30. The summed E-state index contributed by atoms with van der Waals surface area (Å²) >= 11 is 0. The molecule has 2 unspecified atom stereocenters. The zero-order chi connectivity index (χ0) is 9.26. The SMILES string of the molecule is COC(=O)C1OOC1c1cnc[nH]1. The molecule has 2 atom stereocenters. The number of hydrogen-bond donors (Lipinski definition) is 1. The van der Waals surface area contributed by atoms with Crippen LogP contribution in [-0.4, -0.2) is 29.2 Å². The number of imidazole rings is 1. The van der Waals surface area contributed by atoms with Gasteiger partial charge in [-0.15, -0.1) is 0 Å². The molecule has 0 aromatic carbocycles. The molecule has 0 saturated carbocycles. The Morgan fingerprint density at radius 1 is 1.69 bits per heavy atom. The van der Waals surface area contributed by atoms with Crippen LogP contribution < -0.4 is 0 Å². The van der Waals surface area contributed by atoms with Crippen molar-refractivity contribution >= 4 is 5.97 Å². The second-order valence-corrected chi connectivity index (χ2v) is 2.56. The first-order valence-corrected chi connectivity index (χ1v) is 3.71. The average molecular weight is 184 g/mol. The van der Waals surface area contributed by atoms with Gasteiger partial charge in [-0.25, -0.2) is 19.6 Å². The molecule has 1 aromatic rings. The molecular formula is C7H8N2O4. The molecule has 13 heavy (non-hydrogen) atoms. The van der Waals surface area contributed by atoms with Crippen molar-refractivity contribution in [3.05, 3.63) is 18.2 Å². The number of hydrogen-bond acceptors (Lipinski definition) is 5. The lowest BCUT2D eigenvalue weighted by Crippen LogP contribution is -2.42. The molecule has 1 aliphatic rings. The minimum atomic E-state index is -0.689. The molecule has 0 aliphatic carbocycles. The molecule has 1 aromatic heterocycles. The predicted molar refractivity (Wildman–Crippen MR) is 39.3 cm³/mol. The molecule has 6 heteroatoms. The lowest BCUT2D eigenvalue weighted by molar-refractivity contribution is -0.460. The molecule has 70 valence electrons. The van der Waals surface area contributed by atoms with E-state index in [2.05, 4.69) is 19.6 Å². The van der Waals surface area contributed by atoms with Gasteiger partial charge in [0.05, 0.1) is 25.3 Å². The summed E-state index contributed by atoms with van der Waals surface area (Å²) in [6.45, 7) is 0. The fourth-order valence-electron chi connectivity index (χ4n) is 1.08. The Bertz CT molecular complexity index is 297. The molecule has 2 heterocycles. The number of ether oxygens (including phenoxy) is 1. The first kappa shape index (κ1) is 8.21. The summed E-state index contributed by atoms with van der Waals surface area (Å²) in [6.07, 6.45) is 1.95. The fourth-order valence-corrected chi connectivity index (χ4v) is 1.08. The van der Waals surface area contributed by atoms with Gasteiger partial charge in [0, 0.05) is 0 Å². The van der Waals surface area contributed by atoms with Crippen molar-refractivity contribution in [2.75, 3.05) is 7.11 Å². The summed E-state index contributed by atoms with van der Waals surface area (Å²) < 4.78 is 4.50. The van der Waals surface area contributed by atoms with Gasteiger partial charge in [0.25, 0.3) is 0 Å². The van der Waals surface area contributed by atoms with Crippen LogP contribution in [0.25, 0.3) is 0 Å². The van der Waals surface area contributed by atoms with Gasteiger partial charge in [-0.05, 0) is 0 Å².